The Morgan fingerprint density at radius 2 is 1.75 bits per heavy atom. The second kappa shape index (κ2) is 9.45. The summed E-state index contributed by atoms with van der Waals surface area (Å²) in [6.07, 6.45) is 0.482. The highest BCUT2D eigenvalue weighted by atomic mass is 35.5. The van der Waals surface area contributed by atoms with Gasteiger partial charge in [0.2, 0.25) is 5.91 Å². The zero-order valence-electron chi connectivity index (χ0n) is 14.3. The number of carbonyl (C=O) groups excluding carboxylic acids is 1. The van der Waals surface area contributed by atoms with E-state index in [1.165, 1.54) is 5.56 Å². The average Bonchev–Trinajstić information content (AvgIpc) is 2.58. The molecule has 2 rings (SSSR count). The number of amides is 1. The van der Waals surface area contributed by atoms with E-state index >= 15 is 0 Å². The number of nitrogens with zero attached hydrogens (tertiary/aromatic N) is 1. The summed E-state index contributed by atoms with van der Waals surface area (Å²) in [5.74, 6) is 0.0497. The van der Waals surface area contributed by atoms with Crippen LogP contribution in [0.25, 0.3) is 0 Å². The van der Waals surface area contributed by atoms with Gasteiger partial charge in [0.1, 0.15) is 0 Å². The molecule has 1 N–H and O–H groups in total. The highest BCUT2D eigenvalue weighted by Gasteiger charge is 2.12. The van der Waals surface area contributed by atoms with Crippen LogP contribution < -0.4 is 5.32 Å². The minimum atomic E-state index is 0.0497. The molecule has 0 aromatic heterocycles. The van der Waals surface area contributed by atoms with Crippen LogP contribution in [0.4, 0.5) is 0 Å². The van der Waals surface area contributed by atoms with Gasteiger partial charge in [0.15, 0.2) is 0 Å². The van der Waals surface area contributed by atoms with E-state index in [4.69, 9.17) is 11.6 Å². The Bertz CT molecular complexity index is 643. The molecular weight excluding hydrogens is 320 g/mol. The van der Waals surface area contributed by atoms with Gasteiger partial charge in [0, 0.05) is 37.1 Å². The molecule has 1 amide bonds. The third-order valence-corrected chi connectivity index (χ3v) is 4.39. The van der Waals surface area contributed by atoms with Crippen molar-refractivity contribution in [1.82, 2.24) is 10.2 Å². The molecule has 2 aromatic rings. The number of halogens is 1. The average molecular weight is 345 g/mol. The molecule has 0 radical (unpaired) electrons. The van der Waals surface area contributed by atoms with Gasteiger partial charge in [-0.2, -0.15) is 0 Å². The van der Waals surface area contributed by atoms with Crippen LogP contribution in [0.5, 0.6) is 0 Å². The number of carbonyl (C=O) groups is 1. The van der Waals surface area contributed by atoms with Gasteiger partial charge in [-0.1, -0.05) is 60.1 Å². The zero-order valence-corrected chi connectivity index (χ0v) is 15.1. The Morgan fingerprint density at radius 3 is 2.42 bits per heavy atom. The van der Waals surface area contributed by atoms with E-state index in [1.54, 1.807) is 0 Å². The Labute approximate surface area is 149 Å². The van der Waals surface area contributed by atoms with E-state index in [0.29, 0.717) is 24.0 Å². The molecule has 0 unspecified atom stereocenters. The fourth-order valence-electron chi connectivity index (χ4n) is 2.51. The molecule has 0 aliphatic heterocycles. The fourth-order valence-corrected chi connectivity index (χ4v) is 2.71. The molecule has 0 heterocycles. The van der Waals surface area contributed by atoms with Gasteiger partial charge in [-0.25, -0.2) is 0 Å². The summed E-state index contributed by atoms with van der Waals surface area (Å²) in [7, 11) is 0. The first-order valence-electron chi connectivity index (χ1n) is 8.34. The smallest absolute Gasteiger partial charge is 0.221 e. The van der Waals surface area contributed by atoms with Gasteiger partial charge in [0.05, 0.1) is 0 Å². The molecule has 0 saturated heterocycles. The standard InChI is InChI=1S/C20H25ClN2O/c1-16(2)23(15-17-8-4-3-5-9-17)13-12-20(24)22-14-18-10-6-7-11-19(18)21/h3-11,16H,12-15H2,1-2H3,(H,22,24). The second-order valence-corrected chi connectivity index (χ2v) is 6.58. The zero-order chi connectivity index (χ0) is 17.4. The molecule has 128 valence electrons. The third-order valence-electron chi connectivity index (χ3n) is 4.02. The maximum atomic E-state index is 12.1. The lowest BCUT2D eigenvalue weighted by Crippen LogP contribution is -2.34. The predicted molar refractivity (Wildman–Crippen MR) is 99.9 cm³/mol. The second-order valence-electron chi connectivity index (χ2n) is 6.17. The van der Waals surface area contributed by atoms with Crippen molar-refractivity contribution in [1.29, 1.82) is 0 Å². The summed E-state index contributed by atoms with van der Waals surface area (Å²) in [6.45, 7) is 6.38. The summed E-state index contributed by atoms with van der Waals surface area (Å²) in [6, 6.07) is 18.3. The molecule has 4 heteroatoms. The predicted octanol–water partition coefficient (Wildman–Crippen LogP) is 4.26. The molecular formula is C20H25ClN2O. The van der Waals surface area contributed by atoms with Crippen LogP contribution in [0.1, 0.15) is 31.4 Å². The van der Waals surface area contributed by atoms with Crippen molar-refractivity contribution in [3.8, 4) is 0 Å². The van der Waals surface area contributed by atoms with Crippen LogP contribution in [-0.2, 0) is 17.9 Å². The van der Waals surface area contributed by atoms with E-state index in [0.717, 1.165) is 18.7 Å². The van der Waals surface area contributed by atoms with E-state index in [1.807, 2.05) is 42.5 Å². The number of nitrogens with one attached hydrogen (secondary N) is 1. The lowest BCUT2D eigenvalue weighted by atomic mass is 10.1. The summed E-state index contributed by atoms with van der Waals surface area (Å²) in [5.41, 5.74) is 2.21. The number of hydrogen-bond acceptors (Lipinski definition) is 2. The van der Waals surface area contributed by atoms with Crippen LogP contribution in [0.15, 0.2) is 54.6 Å². The molecule has 0 spiro atoms. The molecule has 0 atom stereocenters. The van der Waals surface area contributed by atoms with Crippen molar-refractivity contribution in [2.45, 2.75) is 39.4 Å². The normalized spacial score (nSPS) is 11.0. The minimum absolute atomic E-state index is 0.0497. The van der Waals surface area contributed by atoms with Crippen molar-refractivity contribution < 1.29 is 4.79 Å². The van der Waals surface area contributed by atoms with Crippen molar-refractivity contribution in [3.63, 3.8) is 0 Å². The first-order chi connectivity index (χ1) is 11.6. The van der Waals surface area contributed by atoms with E-state index in [9.17, 15) is 4.79 Å². The highest BCUT2D eigenvalue weighted by Crippen LogP contribution is 2.14. The minimum Gasteiger partial charge on any atom is -0.352 e. The topological polar surface area (TPSA) is 32.3 Å². The van der Waals surface area contributed by atoms with Crippen molar-refractivity contribution >= 4 is 17.5 Å². The van der Waals surface area contributed by atoms with Crippen molar-refractivity contribution in [2.24, 2.45) is 0 Å². The molecule has 3 nitrogen and oxygen atoms in total. The third kappa shape index (κ3) is 5.99. The summed E-state index contributed by atoms with van der Waals surface area (Å²) >= 11 is 6.11. The van der Waals surface area contributed by atoms with Crippen LogP contribution in [0.3, 0.4) is 0 Å². The first-order valence-corrected chi connectivity index (χ1v) is 8.72. The largest absolute Gasteiger partial charge is 0.352 e. The van der Waals surface area contributed by atoms with Crippen LogP contribution >= 0.6 is 11.6 Å². The van der Waals surface area contributed by atoms with E-state index in [2.05, 4.69) is 36.2 Å². The first kappa shape index (κ1) is 18.5. The van der Waals surface area contributed by atoms with Gasteiger partial charge >= 0.3 is 0 Å². The molecule has 0 aliphatic rings. The molecule has 0 fully saturated rings. The lowest BCUT2D eigenvalue weighted by Gasteiger charge is -2.26. The fraction of sp³-hybridized carbons (Fsp3) is 0.350. The van der Waals surface area contributed by atoms with Crippen LogP contribution in [0.2, 0.25) is 5.02 Å². The van der Waals surface area contributed by atoms with E-state index < -0.39 is 0 Å². The van der Waals surface area contributed by atoms with Crippen LogP contribution in [-0.4, -0.2) is 23.4 Å². The van der Waals surface area contributed by atoms with Gasteiger partial charge in [0.25, 0.3) is 0 Å². The summed E-state index contributed by atoms with van der Waals surface area (Å²) in [4.78, 5) is 14.4. The number of hydrogen-bond donors (Lipinski definition) is 1. The van der Waals surface area contributed by atoms with Gasteiger partial charge in [-0.3, -0.25) is 9.69 Å². The number of benzene rings is 2. The summed E-state index contributed by atoms with van der Waals surface area (Å²) in [5, 5.41) is 3.63. The molecule has 0 bridgehead atoms. The maximum Gasteiger partial charge on any atom is 0.221 e. The Kier molecular flexibility index (Phi) is 7.29. The van der Waals surface area contributed by atoms with E-state index in [-0.39, 0.29) is 5.91 Å². The Hall–Kier alpha value is -1.84. The molecule has 24 heavy (non-hydrogen) atoms. The van der Waals surface area contributed by atoms with Gasteiger partial charge in [-0.05, 0) is 31.0 Å². The Balaban J connectivity index is 1.81. The summed E-state index contributed by atoms with van der Waals surface area (Å²) < 4.78 is 0. The van der Waals surface area contributed by atoms with Crippen molar-refractivity contribution in [3.05, 3.63) is 70.7 Å². The maximum absolute atomic E-state index is 12.1. The van der Waals surface area contributed by atoms with Gasteiger partial charge in [-0.15, -0.1) is 0 Å². The Morgan fingerprint density at radius 1 is 1.08 bits per heavy atom. The van der Waals surface area contributed by atoms with Crippen LogP contribution in [0, 0.1) is 0 Å². The monoisotopic (exact) mass is 344 g/mol. The van der Waals surface area contributed by atoms with Crippen molar-refractivity contribution in [2.75, 3.05) is 6.54 Å². The molecule has 0 aliphatic carbocycles. The SMILES string of the molecule is CC(C)N(CCC(=O)NCc1ccccc1Cl)Cc1ccccc1. The number of rotatable bonds is 8. The quantitative estimate of drug-likeness (QED) is 0.776. The lowest BCUT2D eigenvalue weighted by molar-refractivity contribution is -0.121. The van der Waals surface area contributed by atoms with Gasteiger partial charge < -0.3 is 5.32 Å². The highest BCUT2D eigenvalue weighted by molar-refractivity contribution is 6.31. The molecule has 0 saturated carbocycles. The molecule has 2 aromatic carbocycles.